The number of fused-ring (bicyclic) bond motifs is 1. The molecular weight excluding hydrogens is 636 g/mol. The zero-order valence-corrected chi connectivity index (χ0v) is 26.1. The van der Waals surface area contributed by atoms with E-state index >= 15 is 0 Å². The standard InChI is InChI=1S/C21H35N7O12P2S/c1-20(2)5-10(6-21(3,4)28(20)32)24-12(29)8-43-19-25-16(22)13-17(26-19)27(9-23-13)18-15(31)14(30)11(39-18)7-38-42(36,37)40-41(33,34)35/h9-11,14-15,18,30-32H,5-8H2,1-4H3,(H,24,29)(H,36,37)(H2,22,25,26)(H2,33,34,35)/t11-,14-,15-,18-/m1/s1. The van der Waals surface area contributed by atoms with Crippen molar-refractivity contribution in [1.82, 2.24) is 29.9 Å². The molecule has 22 heteroatoms. The number of nitrogens with zero attached hydrogens (tertiary/aromatic N) is 5. The van der Waals surface area contributed by atoms with Crippen molar-refractivity contribution in [3.8, 4) is 0 Å². The molecule has 19 nitrogen and oxygen atoms in total. The van der Waals surface area contributed by atoms with Crippen molar-refractivity contribution in [2.75, 3.05) is 18.1 Å². The van der Waals surface area contributed by atoms with Crippen LogP contribution in [0.25, 0.3) is 11.2 Å². The van der Waals surface area contributed by atoms with Gasteiger partial charge in [-0.3, -0.25) is 13.9 Å². The topological polar surface area (TPSA) is 285 Å². The summed E-state index contributed by atoms with van der Waals surface area (Å²) in [6, 6.07) is -0.177. The summed E-state index contributed by atoms with van der Waals surface area (Å²) in [5.41, 5.74) is 5.18. The molecule has 0 bridgehead atoms. The van der Waals surface area contributed by atoms with Crippen molar-refractivity contribution in [3.63, 3.8) is 0 Å². The first kappa shape index (κ1) is 34.1. The Kier molecular flexibility index (Phi) is 9.68. The molecule has 1 unspecified atom stereocenters. The Balaban J connectivity index is 1.43. The molecule has 0 aliphatic carbocycles. The highest BCUT2D eigenvalue weighted by Gasteiger charge is 2.47. The summed E-state index contributed by atoms with van der Waals surface area (Å²) in [6.07, 6.45) is -3.77. The number of amides is 1. The molecule has 4 heterocycles. The second-order valence-corrected chi connectivity index (χ2v) is 15.3. The van der Waals surface area contributed by atoms with Crippen molar-refractivity contribution in [2.24, 2.45) is 0 Å². The number of rotatable bonds is 10. The van der Waals surface area contributed by atoms with Crippen LogP contribution < -0.4 is 11.1 Å². The summed E-state index contributed by atoms with van der Waals surface area (Å²) in [6.45, 7) is 6.68. The van der Waals surface area contributed by atoms with E-state index in [0.717, 1.165) is 11.8 Å². The molecule has 0 radical (unpaired) electrons. The molecule has 2 saturated heterocycles. The van der Waals surface area contributed by atoms with E-state index in [1.807, 2.05) is 27.7 Å². The van der Waals surface area contributed by atoms with Gasteiger partial charge in [0.1, 0.15) is 23.8 Å². The Morgan fingerprint density at radius 3 is 2.40 bits per heavy atom. The largest absolute Gasteiger partial charge is 0.481 e. The van der Waals surface area contributed by atoms with Crippen LogP contribution >= 0.6 is 27.4 Å². The number of hydroxylamine groups is 2. The Hall–Kier alpha value is -1.77. The molecule has 2 aromatic heterocycles. The lowest BCUT2D eigenvalue weighted by atomic mass is 9.79. The van der Waals surface area contributed by atoms with Crippen LogP contribution in [0.5, 0.6) is 0 Å². The van der Waals surface area contributed by atoms with Gasteiger partial charge in [0, 0.05) is 17.1 Å². The van der Waals surface area contributed by atoms with E-state index in [-0.39, 0.29) is 39.8 Å². The fourth-order valence-electron chi connectivity index (χ4n) is 5.36. The number of nitrogens with two attached hydrogens (primary N) is 1. The van der Waals surface area contributed by atoms with Crippen molar-refractivity contribution in [3.05, 3.63) is 6.33 Å². The summed E-state index contributed by atoms with van der Waals surface area (Å²) in [4.78, 5) is 52.4. The molecule has 0 saturated carbocycles. The molecule has 2 aliphatic rings. The van der Waals surface area contributed by atoms with E-state index in [1.54, 1.807) is 0 Å². The predicted molar refractivity (Wildman–Crippen MR) is 148 cm³/mol. The van der Waals surface area contributed by atoms with Crippen LogP contribution in [0.15, 0.2) is 11.5 Å². The number of ether oxygens (including phenoxy) is 1. The van der Waals surface area contributed by atoms with Gasteiger partial charge in [0.05, 0.1) is 18.7 Å². The second-order valence-electron chi connectivity index (χ2n) is 11.5. The minimum atomic E-state index is -5.37. The van der Waals surface area contributed by atoms with Gasteiger partial charge in [-0.25, -0.2) is 24.1 Å². The van der Waals surface area contributed by atoms with E-state index in [1.165, 1.54) is 16.0 Å². The number of aliphatic hydroxyl groups is 2. The first-order valence-electron chi connectivity index (χ1n) is 12.9. The highest BCUT2D eigenvalue weighted by atomic mass is 32.2. The van der Waals surface area contributed by atoms with Gasteiger partial charge >= 0.3 is 15.6 Å². The number of phosphoric acid groups is 2. The lowest BCUT2D eigenvalue weighted by Gasteiger charge is -2.51. The van der Waals surface area contributed by atoms with Crippen molar-refractivity contribution in [1.29, 1.82) is 0 Å². The summed E-state index contributed by atoms with van der Waals surface area (Å²) in [7, 11) is -10.6. The molecule has 1 amide bonds. The molecule has 4 rings (SSSR count). The SMILES string of the molecule is CC1(C)CC(NC(=O)CSc2nc(N)c3ncn([C@@H]4O[C@H](COP(=O)(O)OP(=O)(O)O)[C@@H](O)[C@H]4O)c3n2)CC(C)(C)N1O. The third kappa shape index (κ3) is 7.91. The maximum Gasteiger partial charge on any atom is 0.481 e. The molecular formula is C21H35N7O12P2S. The Morgan fingerprint density at radius 2 is 1.79 bits per heavy atom. The maximum absolute atomic E-state index is 12.8. The quantitative estimate of drug-likeness (QED) is 0.0927. The number of phosphoric ester groups is 1. The van der Waals surface area contributed by atoms with Crippen molar-refractivity contribution < 1.29 is 57.6 Å². The first-order chi connectivity index (χ1) is 19.7. The van der Waals surface area contributed by atoms with Gasteiger partial charge in [-0.15, -0.1) is 0 Å². The number of anilines is 1. The van der Waals surface area contributed by atoms with Gasteiger partial charge in [-0.2, -0.15) is 9.37 Å². The summed E-state index contributed by atoms with van der Waals surface area (Å²) in [5, 5.41) is 35.9. The average Bonchev–Trinajstić information content (AvgIpc) is 3.39. The van der Waals surface area contributed by atoms with Crippen LogP contribution in [-0.2, 0) is 27.5 Å². The van der Waals surface area contributed by atoms with Gasteiger partial charge in [0.15, 0.2) is 22.8 Å². The molecule has 2 fully saturated rings. The molecule has 5 atom stereocenters. The lowest BCUT2D eigenvalue weighted by molar-refractivity contribution is -0.246. The van der Waals surface area contributed by atoms with Gasteiger partial charge < -0.3 is 45.9 Å². The normalized spacial score (nSPS) is 27.8. The smallest absolute Gasteiger partial charge is 0.387 e. The third-order valence-electron chi connectivity index (χ3n) is 6.99. The van der Waals surface area contributed by atoms with Gasteiger partial charge in [-0.05, 0) is 40.5 Å². The number of carbonyl (C=O) groups excluding carboxylic acids is 1. The summed E-state index contributed by atoms with van der Waals surface area (Å²) >= 11 is 0.994. The van der Waals surface area contributed by atoms with Crippen LogP contribution in [0, 0.1) is 0 Å². The zero-order chi connectivity index (χ0) is 32.1. The van der Waals surface area contributed by atoms with Gasteiger partial charge in [0.2, 0.25) is 5.91 Å². The molecule has 2 aliphatic heterocycles. The monoisotopic (exact) mass is 671 g/mol. The highest BCUT2D eigenvalue weighted by molar-refractivity contribution is 7.99. The summed E-state index contributed by atoms with van der Waals surface area (Å²) < 4.78 is 37.6. The van der Waals surface area contributed by atoms with Crippen LogP contribution in [-0.4, -0.2) is 108 Å². The Labute approximate surface area is 249 Å². The van der Waals surface area contributed by atoms with Crippen LogP contribution in [0.1, 0.15) is 46.8 Å². The predicted octanol–water partition coefficient (Wildman–Crippen LogP) is -0.127. The number of carbonyl (C=O) groups is 1. The minimum Gasteiger partial charge on any atom is -0.387 e. The number of nitrogen functional groups attached to an aromatic ring is 1. The van der Waals surface area contributed by atoms with Gasteiger partial charge in [-0.1, -0.05) is 11.8 Å². The number of aromatic nitrogens is 4. The molecule has 242 valence electrons. The number of piperidine rings is 1. The third-order valence-corrected chi connectivity index (χ3v) is 9.99. The fraction of sp³-hybridized carbons (Fsp3) is 0.714. The highest BCUT2D eigenvalue weighted by Crippen LogP contribution is 2.57. The number of hydrogen-bond acceptors (Lipinski definition) is 15. The average molecular weight is 672 g/mol. The first-order valence-corrected chi connectivity index (χ1v) is 16.9. The maximum atomic E-state index is 12.8. The van der Waals surface area contributed by atoms with E-state index in [9.17, 15) is 34.2 Å². The molecule has 0 aromatic carbocycles. The Morgan fingerprint density at radius 1 is 1.16 bits per heavy atom. The second kappa shape index (κ2) is 12.2. The van der Waals surface area contributed by atoms with E-state index in [2.05, 4.69) is 29.1 Å². The molecule has 43 heavy (non-hydrogen) atoms. The zero-order valence-electron chi connectivity index (χ0n) is 23.5. The molecule has 0 spiro atoms. The number of thioether (sulfide) groups is 1. The van der Waals surface area contributed by atoms with Crippen LogP contribution in [0.2, 0.25) is 0 Å². The molecule has 9 N–H and O–H groups in total. The lowest BCUT2D eigenvalue weighted by Crippen LogP contribution is -2.63. The van der Waals surface area contributed by atoms with Gasteiger partial charge in [0.25, 0.3) is 0 Å². The molecule has 2 aromatic rings. The van der Waals surface area contributed by atoms with Crippen LogP contribution in [0.3, 0.4) is 0 Å². The number of nitrogens with one attached hydrogen (secondary N) is 1. The van der Waals surface area contributed by atoms with Crippen LogP contribution in [0.4, 0.5) is 5.82 Å². The van der Waals surface area contributed by atoms with E-state index < -0.39 is 57.9 Å². The Bertz CT molecular complexity index is 1440. The van der Waals surface area contributed by atoms with E-state index in [4.69, 9.17) is 20.3 Å². The fourth-order valence-corrected chi connectivity index (χ4v) is 7.62. The van der Waals surface area contributed by atoms with Crippen molar-refractivity contribution >= 4 is 50.3 Å². The number of hydrogen-bond donors (Lipinski definition) is 8. The number of aliphatic hydroxyl groups excluding tert-OH is 2. The van der Waals surface area contributed by atoms with Crippen molar-refractivity contribution in [2.45, 2.75) is 87.4 Å². The van der Waals surface area contributed by atoms with E-state index in [0.29, 0.717) is 12.8 Å². The number of imidazole rings is 1. The summed E-state index contributed by atoms with van der Waals surface area (Å²) in [5.74, 6) is -0.375. The minimum absolute atomic E-state index is 0.0331.